The summed E-state index contributed by atoms with van der Waals surface area (Å²) in [5.74, 6) is 0.0930. The first kappa shape index (κ1) is 25.3. The first-order valence-corrected chi connectivity index (χ1v) is 10.2. The average molecular weight is 534 g/mol. The first-order valence-electron chi connectivity index (χ1n) is 9.38. The van der Waals surface area contributed by atoms with Gasteiger partial charge in [0.25, 0.3) is 0 Å². The summed E-state index contributed by atoms with van der Waals surface area (Å²) in [7, 11) is 0. The highest BCUT2D eigenvalue weighted by Crippen LogP contribution is 2.24. The van der Waals surface area contributed by atoms with Crippen LogP contribution < -0.4 is 10.6 Å². The van der Waals surface area contributed by atoms with Gasteiger partial charge in [-0.25, -0.2) is 14.2 Å². The molecule has 6 nitrogen and oxygen atoms in total. The lowest BCUT2D eigenvalue weighted by Gasteiger charge is -2.16. The number of carbonyl (C=O) groups is 1. The molecule has 160 valence electrons. The van der Waals surface area contributed by atoms with Gasteiger partial charge >= 0.3 is 5.97 Å². The van der Waals surface area contributed by atoms with Crippen LogP contribution in [-0.4, -0.2) is 36.6 Å². The fourth-order valence-electron chi connectivity index (χ4n) is 2.52. The van der Waals surface area contributed by atoms with Crippen LogP contribution in [0, 0.1) is 12.7 Å². The van der Waals surface area contributed by atoms with Crippen molar-refractivity contribution in [3.63, 3.8) is 0 Å². The van der Waals surface area contributed by atoms with Crippen LogP contribution in [0.25, 0.3) is 0 Å². The number of halogens is 2. The van der Waals surface area contributed by atoms with E-state index in [1.54, 1.807) is 26.0 Å². The highest BCUT2D eigenvalue weighted by atomic mass is 127. The summed E-state index contributed by atoms with van der Waals surface area (Å²) in [6, 6.07) is 6.33. The highest BCUT2D eigenvalue weighted by molar-refractivity contribution is 14.0. The number of aromatic nitrogens is 1. The fourth-order valence-corrected chi connectivity index (χ4v) is 3.49. The standard InChI is InChI=1S/C20H27FN4O2S.HI/c1-5-22-20(23-12-11-15-7-9-16(21)10-8-15)25-14(4)18-24-13(3)17(28-18)19(26)27-6-2;/h7-10,14H,5-6,11-12H2,1-4H3,(H2,22,23,25);1H. The molecule has 0 aliphatic rings. The molecule has 0 aliphatic heterocycles. The van der Waals surface area contributed by atoms with Gasteiger partial charge in [0.15, 0.2) is 5.96 Å². The number of aryl methyl sites for hydroxylation is 1. The number of carbonyl (C=O) groups excluding carboxylic acids is 1. The summed E-state index contributed by atoms with van der Waals surface area (Å²) in [6.45, 7) is 9.18. The average Bonchev–Trinajstić information content (AvgIpc) is 3.06. The van der Waals surface area contributed by atoms with Crippen LogP contribution in [0.15, 0.2) is 29.3 Å². The minimum atomic E-state index is -0.337. The molecule has 1 aromatic heterocycles. The molecule has 2 aromatic rings. The number of hydrogen-bond acceptors (Lipinski definition) is 5. The Balaban J connectivity index is 0.00000420. The second kappa shape index (κ2) is 12.7. The van der Waals surface area contributed by atoms with Crippen molar-refractivity contribution in [2.45, 2.75) is 40.2 Å². The Morgan fingerprint density at radius 1 is 1.31 bits per heavy atom. The van der Waals surface area contributed by atoms with Crippen molar-refractivity contribution in [2.24, 2.45) is 4.99 Å². The molecule has 29 heavy (non-hydrogen) atoms. The number of nitrogens with one attached hydrogen (secondary N) is 2. The van der Waals surface area contributed by atoms with Crippen molar-refractivity contribution >= 4 is 47.2 Å². The summed E-state index contributed by atoms with van der Waals surface area (Å²) in [5, 5.41) is 7.32. The maximum Gasteiger partial charge on any atom is 0.350 e. The van der Waals surface area contributed by atoms with Crippen LogP contribution in [0.2, 0.25) is 0 Å². The molecule has 0 radical (unpaired) electrons. The summed E-state index contributed by atoms with van der Waals surface area (Å²) in [6.07, 6.45) is 0.717. The van der Waals surface area contributed by atoms with Crippen LogP contribution >= 0.6 is 35.3 Å². The number of ether oxygens (including phenoxy) is 1. The van der Waals surface area contributed by atoms with E-state index in [1.165, 1.54) is 23.5 Å². The van der Waals surface area contributed by atoms with Gasteiger partial charge < -0.3 is 15.4 Å². The third-order valence-electron chi connectivity index (χ3n) is 3.93. The predicted molar refractivity (Wildman–Crippen MR) is 126 cm³/mol. The van der Waals surface area contributed by atoms with E-state index in [0.29, 0.717) is 36.1 Å². The SMILES string of the molecule is CCNC(=NCCc1ccc(F)cc1)NC(C)c1nc(C)c(C(=O)OCC)s1.I. The molecule has 0 aliphatic carbocycles. The van der Waals surface area contributed by atoms with Gasteiger partial charge in [0.05, 0.1) is 18.3 Å². The molecule has 1 aromatic carbocycles. The molecule has 9 heteroatoms. The van der Waals surface area contributed by atoms with E-state index in [2.05, 4.69) is 20.6 Å². The van der Waals surface area contributed by atoms with E-state index in [1.807, 2.05) is 13.8 Å². The molecule has 1 unspecified atom stereocenters. The molecule has 0 saturated heterocycles. The Morgan fingerprint density at radius 3 is 2.62 bits per heavy atom. The second-order valence-electron chi connectivity index (χ2n) is 6.19. The van der Waals surface area contributed by atoms with E-state index in [9.17, 15) is 9.18 Å². The topological polar surface area (TPSA) is 75.6 Å². The van der Waals surface area contributed by atoms with Gasteiger partial charge in [-0.15, -0.1) is 35.3 Å². The number of hydrogen-bond donors (Lipinski definition) is 2. The molecule has 1 atom stereocenters. The van der Waals surface area contributed by atoms with Crippen molar-refractivity contribution in [1.82, 2.24) is 15.6 Å². The Kier molecular flexibility index (Phi) is 11.1. The Hall–Kier alpha value is -1.75. The Labute approximate surface area is 192 Å². The summed E-state index contributed by atoms with van der Waals surface area (Å²) in [5.41, 5.74) is 1.70. The van der Waals surface area contributed by atoms with Crippen molar-refractivity contribution in [1.29, 1.82) is 0 Å². The van der Waals surface area contributed by atoms with Crippen LogP contribution in [0.1, 0.15) is 52.7 Å². The third-order valence-corrected chi connectivity index (χ3v) is 5.25. The zero-order valence-corrected chi connectivity index (χ0v) is 20.3. The van der Waals surface area contributed by atoms with Crippen molar-refractivity contribution in [3.05, 3.63) is 51.2 Å². The highest BCUT2D eigenvalue weighted by Gasteiger charge is 2.20. The lowest BCUT2D eigenvalue weighted by atomic mass is 10.1. The summed E-state index contributed by atoms with van der Waals surface area (Å²) < 4.78 is 18.1. The molecule has 2 N–H and O–H groups in total. The van der Waals surface area contributed by atoms with Crippen LogP contribution in [0.5, 0.6) is 0 Å². The number of guanidine groups is 1. The molecule has 0 bridgehead atoms. The molecule has 0 spiro atoms. The lowest BCUT2D eigenvalue weighted by Crippen LogP contribution is -2.38. The predicted octanol–water partition coefficient (Wildman–Crippen LogP) is 4.24. The number of rotatable bonds is 8. The molecule has 0 saturated carbocycles. The van der Waals surface area contributed by atoms with Crippen molar-refractivity contribution in [2.75, 3.05) is 19.7 Å². The van der Waals surface area contributed by atoms with Crippen molar-refractivity contribution in [3.8, 4) is 0 Å². The maximum absolute atomic E-state index is 13.0. The van der Waals surface area contributed by atoms with Gasteiger partial charge in [0, 0.05) is 13.1 Å². The van der Waals surface area contributed by atoms with Crippen LogP contribution in [0.4, 0.5) is 4.39 Å². The minimum Gasteiger partial charge on any atom is -0.462 e. The monoisotopic (exact) mass is 534 g/mol. The summed E-state index contributed by atoms with van der Waals surface area (Å²) >= 11 is 1.33. The number of esters is 1. The molecule has 2 rings (SSSR count). The van der Waals surface area contributed by atoms with Gasteiger partial charge in [-0.3, -0.25) is 4.99 Å². The van der Waals surface area contributed by atoms with E-state index in [0.717, 1.165) is 17.1 Å². The number of aliphatic imine (C=N–C) groups is 1. The van der Waals surface area contributed by atoms with E-state index < -0.39 is 0 Å². The minimum absolute atomic E-state index is 0. The molecule has 1 heterocycles. The Bertz CT molecular complexity index is 811. The number of benzene rings is 1. The normalized spacial score (nSPS) is 12.1. The third kappa shape index (κ3) is 7.88. The van der Waals surface area contributed by atoms with Crippen molar-refractivity contribution < 1.29 is 13.9 Å². The lowest BCUT2D eigenvalue weighted by molar-refractivity contribution is 0.0531. The Morgan fingerprint density at radius 2 is 2.00 bits per heavy atom. The molecular weight excluding hydrogens is 506 g/mol. The van der Waals surface area contributed by atoms with E-state index in [-0.39, 0.29) is 41.8 Å². The quantitative estimate of drug-likeness (QED) is 0.229. The van der Waals surface area contributed by atoms with Gasteiger partial charge in [-0.05, 0) is 51.8 Å². The zero-order valence-electron chi connectivity index (χ0n) is 17.1. The largest absolute Gasteiger partial charge is 0.462 e. The second-order valence-corrected chi connectivity index (χ2v) is 7.22. The van der Waals surface area contributed by atoms with Gasteiger partial charge in [0.2, 0.25) is 0 Å². The maximum atomic E-state index is 13.0. The molecular formula is C20H28FIN4O2S. The zero-order chi connectivity index (χ0) is 20.5. The van der Waals surface area contributed by atoms with Gasteiger partial charge in [-0.2, -0.15) is 0 Å². The van der Waals surface area contributed by atoms with Crippen LogP contribution in [0.3, 0.4) is 0 Å². The summed E-state index contributed by atoms with van der Waals surface area (Å²) in [4.78, 5) is 21.6. The molecule has 0 fully saturated rings. The fraction of sp³-hybridized carbons (Fsp3) is 0.450. The number of thiazole rings is 1. The van der Waals surface area contributed by atoms with Gasteiger partial charge in [-0.1, -0.05) is 12.1 Å². The smallest absolute Gasteiger partial charge is 0.350 e. The van der Waals surface area contributed by atoms with Gasteiger partial charge in [0.1, 0.15) is 15.7 Å². The van der Waals surface area contributed by atoms with E-state index in [4.69, 9.17) is 4.74 Å². The first-order chi connectivity index (χ1) is 13.4. The van der Waals surface area contributed by atoms with E-state index >= 15 is 0 Å². The van der Waals surface area contributed by atoms with Crippen LogP contribution in [-0.2, 0) is 11.2 Å². The molecule has 0 amide bonds. The number of nitrogens with zero attached hydrogens (tertiary/aromatic N) is 2.